The molecule has 6 nitrogen and oxygen atoms in total. The molecule has 6 heteroatoms. The second-order valence-electron chi connectivity index (χ2n) is 6.55. The average Bonchev–Trinajstić information content (AvgIpc) is 2.94. The minimum Gasteiger partial charge on any atom is -0.495 e. The second-order valence-corrected chi connectivity index (χ2v) is 6.55. The monoisotopic (exact) mass is 317 g/mol. The van der Waals surface area contributed by atoms with Gasteiger partial charge in [-0.15, -0.1) is 0 Å². The van der Waals surface area contributed by atoms with Gasteiger partial charge in [0, 0.05) is 19.1 Å². The van der Waals surface area contributed by atoms with Gasteiger partial charge in [0.2, 0.25) is 0 Å². The van der Waals surface area contributed by atoms with Crippen LogP contribution in [0.5, 0.6) is 5.75 Å². The molecule has 1 heterocycles. The van der Waals surface area contributed by atoms with Crippen LogP contribution in [0, 0.1) is 11.3 Å². The minimum absolute atomic E-state index is 0.0610. The van der Waals surface area contributed by atoms with Gasteiger partial charge < -0.3 is 19.7 Å². The topological polar surface area (TPSA) is 74.6 Å². The van der Waals surface area contributed by atoms with E-state index in [1.54, 1.807) is 24.1 Å². The summed E-state index contributed by atoms with van der Waals surface area (Å²) in [6, 6.07) is 7.56. The van der Waals surface area contributed by atoms with Crippen molar-refractivity contribution < 1.29 is 14.3 Å². The van der Waals surface area contributed by atoms with E-state index in [0.29, 0.717) is 30.1 Å². The Hall–Kier alpha value is -2.42. The van der Waals surface area contributed by atoms with Crippen molar-refractivity contribution in [3.05, 3.63) is 23.8 Å². The molecule has 1 N–H and O–H groups in total. The molecule has 1 unspecified atom stereocenters. The van der Waals surface area contributed by atoms with E-state index in [1.807, 2.05) is 26.8 Å². The summed E-state index contributed by atoms with van der Waals surface area (Å²) < 4.78 is 10.7. The van der Waals surface area contributed by atoms with Gasteiger partial charge in [-0.25, -0.2) is 4.79 Å². The molecule has 2 rings (SSSR count). The van der Waals surface area contributed by atoms with Gasteiger partial charge in [-0.3, -0.25) is 0 Å². The van der Waals surface area contributed by atoms with E-state index in [9.17, 15) is 10.1 Å². The Labute approximate surface area is 137 Å². The van der Waals surface area contributed by atoms with E-state index in [1.165, 1.54) is 0 Å². The molecule has 0 aromatic heterocycles. The van der Waals surface area contributed by atoms with E-state index in [2.05, 4.69) is 11.4 Å². The highest BCUT2D eigenvalue weighted by Crippen LogP contribution is 2.30. The number of benzene rings is 1. The van der Waals surface area contributed by atoms with Gasteiger partial charge in [0.05, 0.1) is 18.4 Å². The maximum Gasteiger partial charge on any atom is 0.410 e. The number of nitrogens with one attached hydrogen (secondary N) is 1. The molecule has 0 aliphatic carbocycles. The summed E-state index contributed by atoms with van der Waals surface area (Å²) in [7, 11) is 1.57. The minimum atomic E-state index is -0.501. The summed E-state index contributed by atoms with van der Waals surface area (Å²) in [6.45, 7) is 6.72. The molecule has 1 aromatic carbocycles. The van der Waals surface area contributed by atoms with Gasteiger partial charge in [-0.2, -0.15) is 5.26 Å². The quantitative estimate of drug-likeness (QED) is 0.927. The molecule has 1 atom stereocenters. The van der Waals surface area contributed by atoms with E-state index >= 15 is 0 Å². The number of hydrogen-bond acceptors (Lipinski definition) is 5. The first kappa shape index (κ1) is 16.9. The lowest BCUT2D eigenvalue weighted by Gasteiger charge is -2.24. The molecule has 1 amide bonds. The summed E-state index contributed by atoms with van der Waals surface area (Å²) in [6.07, 6.45) is 0.490. The number of hydrogen-bond donors (Lipinski definition) is 1. The summed E-state index contributed by atoms with van der Waals surface area (Å²) >= 11 is 0. The van der Waals surface area contributed by atoms with Crippen molar-refractivity contribution in [1.29, 1.82) is 5.26 Å². The Morgan fingerprint density at radius 1 is 1.43 bits per heavy atom. The fourth-order valence-corrected chi connectivity index (χ4v) is 2.52. The third-order valence-corrected chi connectivity index (χ3v) is 3.56. The van der Waals surface area contributed by atoms with Crippen LogP contribution in [-0.2, 0) is 4.74 Å². The fraction of sp³-hybridized carbons (Fsp3) is 0.529. The zero-order valence-electron chi connectivity index (χ0n) is 14.0. The van der Waals surface area contributed by atoms with Crippen LogP contribution in [0.15, 0.2) is 18.2 Å². The summed E-state index contributed by atoms with van der Waals surface area (Å²) in [5, 5.41) is 12.6. The van der Waals surface area contributed by atoms with Gasteiger partial charge in [0.1, 0.15) is 17.4 Å². The van der Waals surface area contributed by atoms with Crippen molar-refractivity contribution in [2.24, 2.45) is 0 Å². The number of anilines is 1. The van der Waals surface area contributed by atoms with Crippen LogP contribution in [0.3, 0.4) is 0 Å². The Kier molecular flexibility index (Phi) is 4.99. The van der Waals surface area contributed by atoms with E-state index in [-0.39, 0.29) is 12.1 Å². The third-order valence-electron chi connectivity index (χ3n) is 3.56. The molecule has 0 spiro atoms. The summed E-state index contributed by atoms with van der Waals surface area (Å²) in [5.41, 5.74) is 0.702. The highest BCUT2D eigenvalue weighted by atomic mass is 16.6. The zero-order valence-corrected chi connectivity index (χ0v) is 14.0. The van der Waals surface area contributed by atoms with E-state index in [0.717, 1.165) is 6.42 Å². The first-order valence-electron chi connectivity index (χ1n) is 7.65. The molecule has 0 saturated carbocycles. The Bertz CT molecular complexity index is 616. The molecule has 1 aliphatic rings. The van der Waals surface area contributed by atoms with E-state index < -0.39 is 5.60 Å². The first-order valence-corrected chi connectivity index (χ1v) is 7.65. The van der Waals surface area contributed by atoms with Crippen molar-refractivity contribution >= 4 is 11.8 Å². The number of nitriles is 1. The lowest BCUT2D eigenvalue weighted by atomic mass is 10.1. The molecule has 0 radical (unpaired) electrons. The van der Waals surface area contributed by atoms with Crippen molar-refractivity contribution in [1.82, 2.24) is 4.90 Å². The van der Waals surface area contributed by atoms with Crippen LogP contribution in [0.4, 0.5) is 10.5 Å². The third kappa shape index (κ3) is 4.28. The predicted octanol–water partition coefficient (Wildman–Crippen LogP) is 2.99. The molecule has 23 heavy (non-hydrogen) atoms. The summed E-state index contributed by atoms with van der Waals surface area (Å²) in [5.74, 6) is 0.625. The fourth-order valence-electron chi connectivity index (χ4n) is 2.52. The Morgan fingerprint density at radius 2 is 2.17 bits per heavy atom. The Balaban J connectivity index is 2.04. The lowest BCUT2D eigenvalue weighted by molar-refractivity contribution is 0.0293. The van der Waals surface area contributed by atoms with Gasteiger partial charge in [-0.05, 0) is 39.3 Å². The molecule has 1 aliphatic heterocycles. The molecule has 1 fully saturated rings. The van der Waals surface area contributed by atoms with Gasteiger partial charge in [0.15, 0.2) is 0 Å². The number of amides is 1. The molecule has 1 aromatic rings. The predicted molar refractivity (Wildman–Crippen MR) is 87.5 cm³/mol. The second kappa shape index (κ2) is 6.78. The van der Waals surface area contributed by atoms with Crippen LogP contribution >= 0.6 is 0 Å². The summed E-state index contributed by atoms with van der Waals surface area (Å²) in [4.78, 5) is 13.8. The zero-order chi connectivity index (χ0) is 17.0. The Morgan fingerprint density at radius 3 is 2.78 bits per heavy atom. The number of ether oxygens (including phenoxy) is 2. The van der Waals surface area contributed by atoms with Crippen molar-refractivity contribution in [3.8, 4) is 11.8 Å². The molecular formula is C17H23N3O3. The number of methoxy groups -OCH3 is 1. The van der Waals surface area contributed by atoms with Gasteiger partial charge in [-0.1, -0.05) is 6.07 Å². The first-order chi connectivity index (χ1) is 10.8. The molecular weight excluding hydrogens is 294 g/mol. The number of para-hydroxylation sites is 1. The smallest absolute Gasteiger partial charge is 0.410 e. The number of rotatable bonds is 3. The van der Waals surface area contributed by atoms with Gasteiger partial charge >= 0.3 is 6.09 Å². The number of likely N-dealkylation sites (tertiary alicyclic amines) is 1. The lowest BCUT2D eigenvalue weighted by Crippen LogP contribution is -2.36. The largest absolute Gasteiger partial charge is 0.495 e. The van der Waals surface area contributed by atoms with Crippen molar-refractivity contribution in [2.75, 3.05) is 25.5 Å². The molecule has 1 saturated heterocycles. The van der Waals surface area contributed by atoms with Crippen LogP contribution in [0.2, 0.25) is 0 Å². The highest BCUT2D eigenvalue weighted by molar-refractivity contribution is 5.70. The maximum atomic E-state index is 12.1. The number of carbonyl (C=O) groups is 1. The van der Waals surface area contributed by atoms with Gasteiger partial charge in [0.25, 0.3) is 0 Å². The van der Waals surface area contributed by atoms with Crippen LogP contribution in [-0.4, -0.2) is 42.8 Å². The maximum absolute atomic E-state index is 12.1. The van der Waals surface area contributed by atoms with E-state index in [4.69, 9.17) is 9.47 Å². The molecule has 0 bridgehead atoms. The van der Waals surface area contributed by atoms with Crippen LogP contribution in [0.1, 0.15) is 32.8 Å². The standard InChI is InChI=1S/C17H23N3O3/c1-17(2,3)23-16(21)20-9-8-13(11-20)19-15-12(10-18)6-5-7-14(15)22-4/h5-7,13,19H,8-9,11H2,1-4H3. The average molecular weight is 317 g/mol. The molecule has 124 valence electrons. The number of carbonyl (C=O) groups excluding carboxylic acids is 1. The van der Waals surface area contributed by atoms with Crippen LogP contribution < -0.4 is 10.1 Å². The van der Waals surface area contributed by atoms with Crippen molar-refractivity contribution in [3.63, 3.8) is 0 Å². The highest BCUT2D eigenvalue weighted by Gasteiger charge is 2.30. The normalized spacial score (nSPS) is 17.5. The van der Waals surface area contributed by atoms with Crippen LogP contribution in [0.25, 0.3) is 0 Å². The van der Waals surface area contributed by atoms with Crippen molar-refractivity contribution in [2.45, 2.75) is 38.8 Å². The SMILES string of the molecule is COc1cccc(C#N)c1NC1CCN(C(=O)OC(C)(C)C)C1. The number of nitrogens with zero attached hydrogens (tertiary/aromatic N) is 2.